The van der Waals surface area contributed by atoms with E-state index in [4.69, 9.17) is 21.1 Å². The molecule has 0 aromatic rings. The van der Waals surface area contributed by atoms with E-state index in [0.29, 0.717) is 0 Å². The Balaban J connectivity index is 4.93. The molecular weight excluding hydrogens is 358 g/mol. The van der Waals surface area contributed by atoms with Crippen LogP contribution in [0, 0.1) is 0 Å². The average Bonchev–Trinajstić information content (AvgIpc) is 2.52. The monoisotopic (exact) mass is 379 g/mol. The zero-order valence-corrected chi connectivity index (χ0v) is 14.1. The smallest absolute Gasteiger partial charge is 0.327 e. The lowest BCUT2D eigenvalue weighted by Crippen LogP contribution is -2.55. The first-order chi connectivity index (χ1) is 11.6. The lowest BCUT2D eigenvalue weighted by atomic mass is 10.1. The Bertz CT molecular complexity index is 527. The van der Waals surface area contributed by atoms with E-state index in [1.54, 1.807) is 0 Å². The molecule has 11 nitrogen and oxygen atoms in total. The molecule has 0 bridgehead atoms. The Morgan fingerprint density at radius 3 is 1.76 bits per heavy atom. The number of rotatable bonds is 12. The summed E-state index contributed by atoms with van der Waals surface area (Å²) < 4.78 is 0. The Hall–Kier alpha value is -2.34. The average molecular weight is 379 g/mol. The third-order valence-electron chi connectivity index (χ3n) is 3.08. The van der Waals surface area contributed by atoms with E-state index < -0.39 is 54.3 Å². The molecule has 0 spiro atoms. The van der Waals surface area contributed by atoms with Crippen molar-refractivity contribution in [3.63, 3.8) is 0 Å². The number of thiol groups is 1. The minimum atomic E-state index is -1.34. The Morgan fingerprint density at radius 1 is 0.840 bits per heavy atom. The van der Waals surface area contributed by atoms with Crippen molar-refractivity contribution in [3.8, 4) is 0 Å². The summed E-state index contributed by atoms with van der Waals surface area (Å²) in [7, 11) is 0. The molecule has 0 aromatic heterocycles. The van der Waals surface area contributed by atoms with E-state index in [2.05, 4.69) is 23.3 Å². The van der Waals surface area contributed by atoms with E-state index >= 15 is 0 Å². The second-order valence-corrected chi connectivity index (χ2v) is 5.48. The van der Waals surface area contributed by atoms with Gasteiger partial charge in [-0.3, -0.25) is 19.2 Å². The van der Waals surface area contributed by atoms with Crippen LogP contribution in [-0.4, -0.2) is 68.9 Å². The van der Waals surface area contributed by atoms with Crippen molar-refractivity contribution in [2.24, 2.45) is 5.73 Å². The molecule has 142 valence electrons. The molecule has 0 aliphatic rings. The summed E-state index contributed by atoms with van der Waals surface area (Å²) >= 11 is 3.78. The zero-order valence-electron chi connectivity index (χ0n) is 13.2. The maximum absolute atomic E-state index is 12.1. The largest absolute Gasteiger partial charge is 0.481 e. The molecule has 0 radical (unpaired) electrons. The number of carbonyl (C=O) groups is 5. The van der Waals surface area contributed by atoms with Gasteiger partial charge in [0.15, 0.2) is 0 Å². The minimum absolute atomic E-state index is 0.178. The van der Waals surface area contributed by atoms with Crippen molar-refractivity contribution in [3.05, 3.63) is 0 Å². The van der Waals surface area contributed by atoms with E-state index in [0.717, 1.165) is 0 Å². The molecule has 0 fully saturated rings. The predicted molar refractivity (Wildman–Crippen MR) is 87.1 cm³/mol. The van der Waals surface area contributed by atoms with Crippen LogP contribution in [-0.2, 0) is 24.0 Å². The molecule has 0 saturated heterocycles. The van der Waals surface area contributed by atoms with Gasteiger partial charge in [-0.25, -0.2) is 4.79 Å². The van der Waals surface area contributed by atoms with E-state index in [9.17, 15) is 24.0 Å². The molecule has 12 heteroatoms. The quantitative estimate of drug-likeness (QED) is 0.188. The molecule has 0 aromatic carbocycles. The van der Waals surface area contributed by atoms with Crippen molar-refractivity contribution in [1.82, 2.24) is 10.6 Å². The first-order valence-electron chi connectivity index (χ1n) is 7.22. The molecule has 0 rings (SSSR count). The van der Waals surface area contributed by atoms with Crippen LogP contribution in [0.3, 0.4) is 0 Å². The van der Waals surface area contributed by atoms with Gasteiger partial charge in [0.2, 0.25) is 11.8 Å². The molecule has 0 aliphatic heterocycles. The molecule has 0 heterocycles. The Labute approximate surface area is 148 Å². The second kappa shape index (κ2) is 11.3. The summed E-state index contributed by atoms with van der Waals surface area (Å²) in [5.41, 5.74) is 5.52. The number of nitrogens with two attached hydrogens (primary N) is 1. The van der Waals surface area contributed by atoms with Crippen LogP contribution >= 0.6 is 12.6 Å². The van der Waals surface area contributed by atoms with Crippen molar-refractivity contribution >= 4 is 42.4 Å². The second-order valence-electron chi connectivity index (χ2n) is 5.11. The summed E-state index contributed by atoms with van der Waals surface area (Å²) in [5, 5.41) is 30.5. The number of amides is 2. The van der Waals surface area contributed by atoms with E-state index in [1.165, 1.54) is 0 Å². The summed E-state index contributed by atoms with van der Waals surface area (Å²) in [6, 6.07) is -3.86. The van der Waals surface area contributed by atoms with Gasteiger partial charge in [-0.2, -0.15) is 12.6 Å². The number of carbonyl (C=O) groups excluding carboxylic acids is 2. The number of carboxylic acid groups (broad SMARTS) is 3. The van der Waals surface area contributed by atoms with Gasteiger partial charge in [-0.05, 0) is 12.8 Å². The number of carboxylic acids is 3. The minimum Gasteiger partial charge on any atom is -0.481 e. The predicted octanol–water partition coefficient (Wildman–Crippen LogP) is -1.97. The number of aliphatic carboxylic acids is 3. The van der Waals surface area contributed by atoms with Crippen LogP contribution in [0.1, 0.15) is 25.7 Å². The highest BCUT2D eigenvalue weighted by Crippen LogP contribution is 2.02. The van der Waals surface area contributed by atoms with Crippen LogP contribution < -0.4 is 16.4 Å². The van der Waals surface area contributed by atoms with Crippen molar-refractivity contribution in [1.29, 1.82) is 0 Å². The molecular formula is C13H21N3O8S. The van der Waals surface area contributed by atoms with Crippen molar-refractivity contribution in [2.45, 2.75) is 43.8 Å². The Kier molecular flexibility index (Phi) is 10.2. The van der Waals surface area contributed by atoms with Crippen LogP contribution in [0.2, 0.25) is 0 Å². The van der Waals surface area contributed by atoms with Gasteiger partial charge in [0, 0.05) is 18.6 Å². The highest BCUT2D eigenvalue weighted by Gasteiger charge is 2.27. The first-order valence-corrected chi connectivity index (χ1v) is 7.85. The van der Waals surface area contributed by atoms with Crippen molar-refractivity contribution in [2.75, 3.05) is 5.75 Å². The highest BCUT2D eigenvalue weighted by molar-refractivity contribution is 7.80. The number of hydrogen-bond donors (Lipinski definition) is 7. The van der Waals surface area contributed by atoms with Gasteiger partial charge >= 0.3 is 17.9 Å². The van der Waals surface area contributed by atoms with E-state index in [-0.39, 0.29) is 25.0 Å². The van der Waals surface area contributed by atoms with Crippen LogP contribution in [0.4, 0.5) is 0 Å². The summed E-state index contributed by atoms with van der Waals surface area (Å²) in [5.74, 6) is -5.66. The fourth-order valence-electron chi connectivity index (χ4n) is 1.68. The molecule has 0 saturated carbocycles. The lowest BCUT2D eigenvalue weighted by Gasteiger charge is -2.21. The third kappa shape index (κ3) is 9.52. The summed E-state index contributed by atoms with van der Waals surface area (Å²) in [4.78, 5) is 56.1. The van der Waals surface area contributed by atoms with Gasteiger partial charge in [0.25, 0.3) is 0 Å². The fraction of sp³-hybridized carbons (Fsp3) is 0.615. The normalized spacial score (nSPS) is 14.0. The fourth-order valence-corrected chi connectivity index (χ4v) is 1.93. The summed E-state index contributed by atoms with van der Waals surface area (Å²) in [6.07, 6.45) is -1.29. The van der Waals surface area contributed by atoms with E-state index in [1.807, 2.05) is 0 Å². The SMILES string of the molecule is NC(CCC(=O)O)C(=O)NC(CCC(=O)O)C(=O)NC(CS)C(=O)O. The Morgan fingerprint density at radius 2 is 1.32 bits per heavy atom. The van der Waals surface area contributed by atoms with Gasteiger partial charge in [0.1, 0.15) is 12.1 Å². The summed E-state index contributed by atoms with van der Waals surface area (Å²) in [6.45, 7) is 0. The molecule has 3 unspecified atom stereocenters. The lowest BCUT2D eigenvalue weighted by molar-refractivity contribution is -0.142. The highest BCUT2D eigenvalue weighted by atomic mass is 32.1. The topological polar surface area (TPSA) is 196 Å². The third-order valence-corrected chi connectivity index (χ3v) is 3.45. The molecule has 0 aliphatic carbocycles. The number of nitrogens with one attached hydrogen (secondary N) is 2. The first kappa shape index (κ1) is 22.7. The van der Waals surface area contributed by atoms with Gasteiger partial charge in [-0.1, -0.05) is 0 Å². The molecule has 7 N–H and O–H groups in total. The standard InChI is InChI=1S/C13H21N3O8S/c14-6(1-3-9(17)18)11(21)15-7(2-4-10(19)20)12(22)16-8(5-25)13(23)24/h6-8,25H,1-5,14H2,(H,15,21)(H,16,22)(H,17,18)(H,19,20)(H,23,24). The molecule has 2 amide bonds. The number of hydrogen-bond acceptors (Lipinski definition) is 7. The zero-order chi connectivity index (χ0) is 19.6. The maximum atomic E-state index is 12.1. The molecule has 25 heavy (non-hydrogen) atoms. The van der Waals surface area contributed by atoms with Crippen LogP contribution in [0.5, 0.6) is 0 Å². The van der Waals surface area contributed by atoms with Crippen LogP contribution in [0.25, 0.3) is 0 Å². The van der Waals surface area contributed by atoms with Gasteiger partial charge in [-0.15, -0.1) is 0 Å². The van der Waals surface area contributed by atoms with Gasteiger partial charge in [0.05, 0.1) is 6.04 Å². The van der Waals surface area contributed by atoms with Crippen LogP contribution in [0.15, 0.2) is 0 Å². The molecule has 3 atom stereocenters. The van der Waals surface area contributed by atoms with Gasteiger partial charge < -0.3 is 31.7 Å². The maximum Gasteiger partial charge on any atom is 0.327 e. The van der Waals surface area contributed by atoms with Crippen molar-refractivity contribution < 1.29 is 39.3 Å².